The first kappa shape index (κ1) is 21.1. The molecule has 4 rings (SSSR count). The van der Waals surface area contributed by atoms with Crippen molar-refractivity contribution in [3.8, 4) is 23.7 Å². The molecule has 4 aromatic carbocycles. The van der Waals surface area contributed by atoms with E-state index in [-0.39, 0.29) is 0 Å². The molecule has 0 fully saturated rings. The predicted molar refractivity (Wildman–Crippen MR) is 127 cm³/mol. The summed E-state index contributed by atoms with van der Waals surface area (Å²) in [4.78, 5) is 0. The van der Waals surface area contributed by atoms with Crippen molar-refractivity contribution in [2.45, 2.75) is 12.8 Å². The Kier molecular flexibility index (Phi) is 6.45. The molecule has 0 aliphatic carbocycles. The number of hydrogen-bond acceptors (Lipinski definition) is 0. The van der Waals surface area contributed by atoms with E-state index >= 15 is 0 Å². The lowest BCUT2D eigenvalue weighted by Gasteiger charge is -2.00. The number of aryl methyl sites for hydroxylation is 1. The van der Waals surface area contributed by atoms with E-state index in [0.29, 0.717) is 10.8 Å². The van der Waals surface area contributed by atoms with Crippen molar-refractivity contribution in [3.63, 3.8) is 0 Å². The minimum absolute atomic E-state index is 0.620. The molecule has 0 aromatic heterocycles. The van der Waals surface area contributed by atoms with E-state index in [0.717, 1.165) is 35.1 Å². The third-order valence-electron chi connectivity index (χ3n) is 5.06. The summed E-state index contributed by atoms with van der Waals surface area (Å²) in [6.45, 7) is 3.75. The first-order valence-electron chi connectivity index (χ1n) is 10.3. The van der Waals surface area contributed by atoms with Gasteiger partial charge in [-0.3, -0.25) is 0 Å². The highest BCUT2D eigenvalue weighted by molar-refractivity contribution is 5.84. The van der Waals surface area contributed by atoms with Crippen molar-refractivity contribution >= 4 is 10.8 Å². The van der Waals surface area contributed by atoms with Crippen LogP contribution >= 0.6 is 0 Å². The number of fused-ring (bicyclic) bond motifs is 1. The SMILES string of the molecule is C=CCCc1ccc(C#Cc2ccc(C#Cc3ccc4cc(F)c(F)cc4c3)cc2)cc1. The van der Waals surface area contributed by atoms with E-state index in [1.54, 1.807) is 18.2 Å². The molecule has 0 aliphatic rings. The highest BCUT2D eigenvalue weighted by atomic mass is 19.2. The molecule has 0 spiro atoms. The van der Waals surface area contributed by atoms with Gasteiger partial charge in [-0.1, -0.05) is 48.0 Å². The van der Waals surface area contributed by atoms with E-state index in [9.17, 15) is 8.78 Å². The van der Waals surface area contributed by atoms with E-state index in [1.165, 1.54) is 17.7 Å². The van der Waals surface area contributed by atoms with Gasteiger partial charge in [-0.25, -0.2) is 8.78 Å². The lowest BCUT2D eigenvalue weighted by molar-refractivity contribution is 0.511. The third kappa shape index (κ3) is 5.31. The van der Waals surface area contributed by atoms with Gasteiger partial charge in [0.25, 0.3) is 0 Å². The van der Waals surface area contributed by atoms with E-state index in [4.69, 9.17) is 0 Å². The highest BCUT2D eigenvalue weighted by Crippen LogP contribution is 2.19. The summed E-state index contributed by atoms with van der Waals surface area (Å²) in [5.41, 5.74) is 4.76. The Hall–Kier alpha value is -4.14. The molecule has 0 saturated carbocycles. The van der Waals surface area contributed by atoms with Crippen LogP contribution in [0, 0.1) is 35.3 Å². The summed E-state index contributed by atoms with van der Waals surface area (Å²) < 4.78 is 26.8. The fourth-order valence-electron chi connectivity index (χ4n) is 3.27. The maximum atomic E-state index is 13.5. The fraction of sp³-hybridized carbons (Fsp3) is 0.0667. The van der Waals surface area contributed by atoms with Crippen LogP contribution in [0.3, 0.4) is 0 Å². The van der Waals surface area contributed by atoms with Gasteiger partial charge in [0.15, 0.2) is 11.6 Å². The fourth-order valence-corrected chi connectivity index (χ4v) is 3.27. The van der Waals surface area contributed by atoms with Gasteiger partial charge < -0.3 is 0 Å². The minimum Gasteiger partial charge on any atom is -0.204 e. The zero-order valence-corrected chi connectivity index (χ0v) is 17.5. The molecule has 0 aliphatic heterocycles. The summed E-state index contributed by atoms with van der Waals surface area (Å²) in [5.74, 6) is 10.8. The van der Waals surface area contributed by atoms with Gasteiger partial charge in [0.1, 0.15) is 0 Å². The van der Waals surface area contributed by atoms with Gasteiger partial charge in [-0.15, -0.1) is 6.58 Å². The minimum atomic E-state index is -0.858. The lowest BCUT2D eigenvalue weighted by Crippen LogP contribution is -1.85. The maximum absolute atomic E-state index is 13.5. The van der Waals surface area contributed by atoms with E-state index in [2.05, 4.69) is 42.4 Å². The van der Waals surface area contributed by atoms with Crippen molar-refractivity contribution in [1.82, 2.24) is 0 Å². The average molecular weight is 418 g/mol. The second-order valence-electron chi connectivity index (χ2n) is 7.43. The second kappa shape index (κ2) is 9.78. The zero-order chi connectivity index (χ0) is 22.3. The van der Waals surface area contributed by atoms with E-state index in [1.807, 2.05) is 42.5 Å². The van der Waals surface area contributed by atoms with E-state index < -0.39 is 11.6 Å². The van der Waals surface area contributed by atoms with Gasteiger partial charge in [0.2, 0.25) is 0 Å². The van der Waals surface area contributed by atoms with Crippen LogP contribution in [0.1, 0.15) is 34.2 Å². The Morgan fingerprint density at radius 2 is 1.06 bits per heavy atom. The molecular formula is C30H20F2. The van der Waals surface area contributed by atoms with Crippen molar-refractivity contribution in [1.29, 1.82) is 0 Å². The molecule has 0 N–H and O–H groups in total. The number of hydrogen-bond donors (Lipinski definition) is 0. The maximum Gasteiger partial charge on any atom is 0.159 e. The number of allylic oxidation sites excluding steroid dienone is 1. The molecule has 0 atom stereocenters. The molecule has 32 heavy (non-hydrogen) atoms. The van der Waals surface area contributed by atoms with Gasteiger partial charge in [0.05, 0.1) is 0 Å². The summed E-state index contributed by atoms with van der Waals surface area (Å²) in [5, 5.41) is 1.26. The average Bonchev–Trinajstić information content (AvgIpc) is 2.82. The van der Waals surface area contributed by atoms with Crippen molar-refractivity contribution in [2.24, 2.45) is 0 Å². The first-order chi connectivity index (χ1) is 15.6. The molecule has 0 radical (unpaired) electrons. The molecule has 0 saturated heterocycles. The van der Waals surface area contributed by atoms with Crippen molar-refractivity contribution in [2.75, 3.05) is 0 Å². The summed E-state index contributed by atoms with van der Waals surface area (Å²) in [7, 11) is 0. The molecule has 0 heterocycles. The number of rotatable bonds is 3. The van der Waals surface area contributed by atoms with Crippen LogP contribution in [0.2, 0.25) is 0 Å². The summed E-state index contributed by atoms with van der Waals surface area (Å²) in [6, 6.07) is 23.7. The van der Waals surface area contributed by atoms with Gasteiger partial charge in [-0.2, -0.15) is 0 Å². The summed E-state index contributed by atoms with van der Waals surface area (Å²) in [6.07, 6.45) is 3.89. The van der Waals surface area contributed by atoms with Crippen LogP contribution in [0.5, 0.6) is 0 Å². The Bertz CT molecular complexity index is 1390. The molecule has 2 heteroatoms. The molecule has 0 nitrogen and oxygen atoms in total. The van der Waals surface area contributed by atoms with Crippen LogP contribution in [-0.2, 0) is 6.42 Å². The number of benzene rings is 4. The van der Waals surface area contributed by atoms with Crippen LogP contribution in [0.15, 0.2) is 91.5 Å². The lowest BCUT2D eigenvalue weighted by atomic mass is 10.1. The van der Waals surface area contributed by atoms with Gasteiger partial charge >= 0.3 is 0 Å². The van der Waals surface area contributed by atoms with Crippen LogP contribution < -0.4 is 0 Å². The standard InChI is InChI=1S/C30H20F2/c1-2-3-4-22-5-7-23(8-6-22)9-10-24-11-13-25(14-12-24)15-16-26-17-18-27-20-29(31)30(32)21-28(27)19-26/h2,5-8,11-14,17-21H,1,3-4H2. The second-order valence-corrected chi connectivity index (χ2v) is 7.43. The summed E-state index contributed by atoms with van der Waals surface area (Å²) >= 11 is 0. The van der Waals surface area contributed by atoms with Crippen molar-refractivity contribution < 1.29 is 8.78 Å². The van der Waals surface area contributed by atoms with Crippen molar-refractivity contribution in [3.05, 3.63) is 131 Å². The normalized spacial score (nSPS) is 10.1. The Morgan fingerprint density at radius 1 is 0.594 bits per heavy atom. The zero-order valence-electron chi connectivity index (χ0n) is 17.5. The third-order valence-corrected chi connectivity index (χ3v) is 5.06. The molecule has 0 bridgehead atoms. The smallest absolute Gasteiger partial charge is 0.159 e. The first-order valence-corrected chi connectivity index (χ1v) is 10.3. The van der Waals surface area contributed by atoms with Gasteiger partial charge in [-0.05, 0) is 89.8 Å². The quantitative estimate of drug-likeness (QED) is 0.247. The predicted octanol–water partition coefficient (Wildman–Crippen LogP) is 7.04. The van der Waals surface area contributed by atoms with Crippen LogP contribution in [0.25, 0.3) is 10.8 Å². The molecule has 0 amide bonds. The molecule has 4 aromatic rings. The Balaban J connectivity index is 1.46. The molecule has 0 unspecified atom stereocenters. The number of halogens is 2. The van der Waals surface area contributed by atoms with Crippen LogP contribution in [-0.4, -0.2) is 0 Å². The topological polar surface area (TPSA) is 0 Å². The van der Waals surface area contributed by atoms with Gasteiger partial charge in [0, 0.05) is 22.3 Å². The molecular weight excluding hydrogens is 398 g/mol. The Morgan fingerprint density at radius 3 is 1.62 bits per heavy atom. The Labute approximate surface area is 187 Å². The monoisotopic (exact) mass is 418 g/mol. The van der Waals surface area contributed by atoms with Crippen LogP contribution in [0.4, 0.5) is 8.78 Å². The largest absolute Gasteiger partial charge is 0.204 e. The highest BCUT2D eigenvalue weighted by Gasteiger charge is 2.04. The molecule has 154 valence electrons.